The highest BCUT2D eigenvalue weighted by molar-refractivity contribution is 5.98. The zero-order valence-electron chi connectivity index (χ0n) is 15.8. The second-order valence-corrected chi connectivity index (χ2v) is 6.70. The van der Waals surface area contributed by atoms with E-state index in [1.165, 1.54) is 0 Å². The van der Waals surface area contributed by atoms with Crippen molar-refractivity contribution in [1.29, 1.82) is 0 Å². The molecule has 1 aliphatic heterocycles. The lowest BCUT2D eigenvalue weighted by Gasteiger charge is -2.35. The number of para-hydroxylation sites is 1. The summed E-state index contributed by atoms with van der Waals surface area (Å²) in [6.45, 7) is 1.93. The van der Waals surface area contributed by atoms with Crippen molar-refractivity contribution in [2.75, 3.05) is 33.3 Å². The van der Waals surface area contributed by atoms with Crippen molar-refractivity contribution in [3.8, 4) is 5.75 Å². The van der Waals surface area contributed by atoms with Gasteiger partial charge in [-0.15, -0.1) is 5.10 Å². The number of carbonyl (C=O) groups excluding carboxylic acids is 2. The van der Waals surface area contributed by atoms with E-state index >= 15 is 0 Å². The predicted octanol–water partition coefficient (Wildman–Crippen LogP) is 1.58. The fourth-order valence-electron chi connectivity index (χ4n) is 3.46. The lowest BCUT2D eigenvalue weighted by Crippen LogP contribution is -2.50. The second kappa shape index (κ2) is 7.30. The van der Waals surface area contributed by atoms with Crippen molar-refractivity contribution >= 4 is 22.8 Å². The molecule has 144 valence electrons. The summed E-state index contributed by atoms with van der Waals surface area (Å²) in [5.41, 5.74) is 2.69. The number of benzene rings is 2. The largest absolute Gasteiger partial charge is 0.496 e. The smallest absolute Gasteiger partial charge is 0.257 e. The van der Waals surface area contributed by atoms with E-state index in [2.05, 4.69) is 10.3 Å². The quantitative estimate of drug-likeness (QED) is 0.690. The Kier molecular flexibility index (Phi) is 4.68. The maximum Gasteiger partial charge on any atom is 0.257 e. The highest BCUT2D eigenvalue weighted by Crippen LogP contribution is 2.21. The SMILES string of the molecule is COc1ccccc1C(=O)N1CCN(C(=O)c2ccc3c(c2)nnn3C)CC1. The summed E-state index contributed by atoms with van der Waals surface area (Å²) in [6.07, 6.45) is 0. The Morgan fingerprint density at radius 2 is 1.64 bits per heavy atom. The summed E-state index contributed by atoms with van der Waals surface area (Å²) < 4.78 is 6.96. The molecule has 28 heavy (non-hydrogen) atoms. The highest BCUT2D eigenvalue weighted by atomic mass is 16.5. The molecule has 0 saturated carbocycles. The average Bonchev–Trinajstić information content (AvgIpc) is 3.13. The minimum Gasteiger partial charge on any atom is -0.496 e. The van der Waals surface area contributed by atoms with E-state index < -0.39 is 0 Å². The number of ether oxygens (including phenoxy) is 1. The van der Waals surface area contributed by atoms with Gasteiger partial charge in [0.15, 0.2) is 0 Å². The van der Waals surface area contributed by atoms with Crippen LogP contribution in [0.15, 0.2) is 42.5 Å². The second-order valence-electron chi connectivity index (χ2n) is 6.70. The molecule has 2 aromatic carbocycles. The number of piperazine rings is 1. The molecule has 8 nitrogen and oxygen atoms in total. The number of nitrogens with zero attached hydrogens (tertiary/aromatic N) is 5. The zero-order valence-corrected chi connectivity index (χ0v) is 15.8. The molecule has 1 saturated heterocycles. The molecule has 0 bridgehead atoms. The van der Waals surface area contributed by atoms with Gasteiger partial charge in [0.1, 0.15) is 11.3 Å². The molecule has 0 aliphatic carbocycles. The van der Waals surface area contributed by atoms with Crippen molar-refractivity contribution < 1.29 is 14.3 Å². The summed E-state index contributed by atoms with van der Waals surface area (Å²) in [5, 5.41) is 8.04. The topological polar surface area (TPSA) is 80.6 Å². The zero-order chi connectivity index (χ0) is 19.7. The summed E-state index contributed by atoms with van der Waals surface area (Å²) in [7, 11) is 3.37. The first-order valence-electron chi connectivity index (χ1n) is 9.09. The summed E-state index contributed by atoms with van der Waals surface area (Å²) in [6, 6.07) is 12.6. The molecule has 0 spiro atoms. The van der Waals surface area contributed by atoms with Crippen LogP contribution in [-0.2, 0) is 7.05 Å². The van der Waals surface area contributed by atoms with Gasteiger partial charge in [0.25, 0.3) is 11.8 Å². The van der Waals surface area contributed by atoms with Gasteiger partial charge in [-0.25, -0.2) is 4.68 Å². The van der Waals surface area contributed by atoms with E-state index in [1.54, 1.807) is 45.9 Å². The number of aryl methyl sites for hydroxylation is 1. The molecule has 2 amide bonds. The standard InChI is InChI=1S/C20H21N5O3/c1-23-17-8-7-14(13-16(17)21-22-23)19(26)24-9-11-25(12-10-24)20(27)15-5-3-4-6-18(15)28-2/h3-8,13H,9-12H2,1-2H3. The Balaban J connectivity index is 1.44. The van der Waals surface area contributed by atoms with Gasteiger partial charge in [-0.2, -0.15) is 0 Å². The van der Waals surface area contributed by atoms with Crippen molar-refractivity contribution in [3.63, 3.8) is 0 Å². The molecule has 0 N–H and O–H groups in total. The summed E-state index contributed by atoms with van der Waals surface area (Å²) in [5.74, 6) is 0.422. The minimum absolute atomic E-state index is 0.0584. The van der Waals surface area contributed by atoms with Crippen LogP contribution in [0.3, 0.4) is 0 Å². The maximum absolute atomic E-state index is 12.8. The van der Waals surface area contributed by atoms with Crippen LogP contribution in [0.25, 0.3) is 11.0 Å². The van der Waals surface area contributed by atoms with Gasteiger partial charge in [0.05, 0.1) is 18.2 Å². The molecule has 2 heterocycles. The van der Waals surface area contributed by atoms with E-state index in [0.717, 1.165) is 5.52 Å². The first-order valence-corrected chi connectivity index (χ1v) is 9.09. The van der Waals surface area contributed by atoms with Gasteiger partial charge in [-0.05, 0) is 30.3 Å². The average molecular weight is 379 g/mol. The van der Waals surface area contributed by atoms with E-state index in [0.29, 0.717) is 48.6 Å². The number of methoxy groups -OCH3 is 1. The Labute approximate surface area is 162 Å². The number of hydrogen-bond donors (Lipinski definition) is 0. The molecule has 0 radical (unpaired) electrons. The molecule has 3 aromatic rings. The molecule has 8 heteroatoms. The Morgan fingerprint density at radius 3 is 2.36 bits per heavy atom. The first-order chi connectivity index (χ1) is 13.6. The molecule has 1 aromatic heterocycles. The third-order valence-electron chi connectivity index (χ3n) is 5.05. The van der Waals surface area contributed by atoms with Gasteiger partial charge >= 0.3 is 0 Å². The molecular weight excluding hydrogens is 358 g/mol. The van der Waals surface area contributed by atoms with Crippen LogP contribution in [0, 0.1) is 0 Å². The lowest BCUT2D eigenvalue weighted by molar-refractivity contribution is 0.0533. The molecule has 1 aliphatic rings. The van der Waals surface area contributed by atoms with Crippen LogP contribution in [-0.4, -0.2) is 69.9 Å². The van der Waals surface area contributed by atoms with Crippen LogP contribution in [0.4, 0.5) is 0 Å². The fourth-order valence-corrected chi connectivity index (χ4v) is 3.46. The van der Waals surface area contributed by atoms with Gasteiger partial charge in [-0.3, -0.25) is 9.59 Å². The van der Waals surface area contributed by atoms with Crippen LogP contribution in [0.5, 0.6) is 5.75 Å². The molecule has 0 atom stereocenters. The number of fused-ring (bicyclic) bond motifs is 1. The fraction of sp³-hybridized carbons (Fsp3) is 0.300. The van der Waals surface area contributed by atoms with Crippen LogP contribution >= 0.6 is 0 Å². The van der Waals surface area contributed by atoms with Crippen LogP contribution < -0.4 is 4.74 Å². The van der Waals surface area contributed by atoms with E-state index in [-0.39, 0.29) is 11.8 Å². The third-order valence-corrected chi connectivity index (χ3v) is 5.05. The van der Waals surface area contributed by atoms with Crippen molar-refractivity contribution in [1.82, 2.24) is 24.8 Å². The molecule has 0 unspecified atom stereocenters. The summed E-state index contributed by atoms with van der Waals surface area (Å²) in [4.78, 5) is 29.2. The van der Waals surface area contributed by atoms with Crippen molar-refractivity contribution in [3.05, 3.63) is 53.6 Å². The van der Waals surface area contributed by atoms with Crippen LogP contribution in [0.2, 0.25) is 0 Å². The van der Waals surface area contributed by atoms with Gasteiger partial charge in [-0.1, -0.05) is 17.3 Å². The predicted molar refractivity (Wildman–Crippen MR) is 103 cm³/mol. The van der Waals surface area contributed by atoms with E-state index in [1.807, 2.05) is 25.2 Å². The Hall–Kier alpha value is -3.42. The molecular formula is C20H21N5O3. The van der Waals surface area contributed by atoms with E-state index in [4.69, 9.17) is 4.74 Å². The van der Waals surface area contributed by atoms with Gasteiger partial charge < -0.3 is 14.5 Å². The minimum atomic E-state index is -0.0782. The maximum atomic E-state index is 12.8. The Bertz CT molecular complexity index is 1040. The third kappa shape index (κ3) is 3.17. The van der Waals surface area contributed by atoms with Crippen LogP contribution in [0.1, 0.15) is 20.7 Å². The number of aromatic nitrogens is 3. The normalized spacial score (nSPS) is 14.4. The first kappa shape index (κ1) is 18.0. The Morgan fingerprint density at radius 1 is 0.964 bits per heavy atom. The lowest BCUT2D eigenvalue weighted by atomic mass is 10.1. The number of amides is 2. The monoisotopic (exact) mass is 379 g/mol. The van der Waals surface area contributed by atoms with Crippen molar-refractivity contribution in [2.24, 2.45) is 7.05 Å². The number of hydrogen-bond acceptors (Lipinski definition) is 5. The summed E-state index contributed by atoms with van der Waals surface area (Å²) >= 11 is 0. The number of rotatable bonds is 3. The van der Waals surface area contributed by atoms with E-state index in [9.17, 15) is 9.59 Å². The highest BCUT2D eigenvalue weighted by Gasteiger charge is 2.27. The van der Waals surface area contributed by atoms with Crippen molar-refractivity contribution in [2.45, 2.75) is 0 Å². The molecule has 4 rings (SSSR count). The van der Waals surface area contributed by atoms with Gasteiger partial charge in [0, 0.05) is 38.8 Å². The number of carbonyl (C=O) groups is 2. The molecule has 1 fully saturated rings. The van der Waals surface area contributed by atoms with Gasteiger partial charge in [0.2, 0.25) is 0 Å².